The molecule has 0 aromatic heterocycles. The molecule has 3 N–H and O–H groups in total. The average Bonchev–Trinajstić information content (AvgIpc) is 2.45. The Hall–Kier alpha value is -1.09. The van der Waals surface area contributed by atoms with Gasteiger partial charge in [0.15, 0.2) is 0 Å². The van der Waals surface area contributed by atoms with Crippen molar-refractivity contribution in [2.75, 3.05) is 43.9 Å². The number of carbonyl (C=O) groups is 1. The summed E-state index contributed by atoms with van der Waals surface area (Å²) >= 11 is 1.89. The van der Waals surface area contributed by atoms with Gasteiger partial charge in [0.1, 0.15) is 5.82 Å². The van der Waals surface area contributed by atoms with Crippen molar-refractivity contribution >= 4 is 39.9 Å². The smallest absolute Gasteiger partial charge is 0.224 e. The predicted molar refractivity (Wildman–Crippen MR) is 84.0 cm³/mol. The lowest BCUT2D eigenvalue weighted by atomic mass is 10.2. The number of amides is 1. The van der Waals surface area contributed by atoms with Crippen molar-refractivity contribution in [3.05, 3.63) is 21.5 Å². The largest absolute Gasteiger partial charge is 0.397 e. The first-order valence-electron chi connectivity index (χ1n) is 6.42. The summed E-state index contributed by atoms with van der Waals surface area (Å²) < 4.78 is 19.1. The number of nitrogens with one attached hydrogen (secondary N) is 1. The quantitative estimate of drug-likeness (QED) is 0.604. The summed E-state index contributed by atoms with van der Waals surface area (Å²) in [7, 11) is 0. The zero-order valence-electron chi connectivity index (χ0n) is 11.0. The van der Waals surface area contributed by atoms with E-state index in [1.54, 1.807) is 11.0 Å². The summed E-state index contributed by atoms with van der Waals surface area (Å²) in [5, 5.41) is 3.00. The molecule has 2 rings (SSSR count). The number of morpholine rings is 1. The Kier molecular flexibility index (Phi) is 5.41. The molecule has 1 heterocycles. The molecule has 0 saturated carbocycles. The van der Waals surface area contributed by atoms with E-state index in [9.17, 15) is 9.18 Å². The minimum absolute atomic E-state index is 0.0744. The molecule has 0 radical (unpaired) electrons. The molecule has 1 aliphatic rings. The van der Waals surface area contributed by atoms with Gasteiger partial charge in [-0.3, -0.25) is 4.79 Å². The van der Waals surface area contributed by atoms with E-state index in [1.165, 1.54) is 6.07 Å². The number of hydrogen-bond acceptors (Lipinski definition) is 4. The molecule has 1 aliphatic heterocycles. The first-order valence-corrected chi connectivity index (χ1v) is 7.49. The van der Waals surface area contributed by atoms with Crippen LogP contribution in [0.5, 0.6) is 0 Å². The number of halogens is 2. The van der Waals surface area contributed by atoms with Gasteiger partial charge in [0.05, 0.1) is 28.2 Å². The van der Waals surface area contributed by atoms with Gasteiger partial charge in [-0.05, 0) is 28.7 Å². The first-order chi connectivity index (χ1) is 9.58. The van der Waals surface area contributed by atoms with Gasteiger partial charge in [-0.25, -0.2) is 4.39 Å². The zero-order chi connectivity index (χ0) is 14.5. The molecule has 1 amide bonds. The van der Waals surface area contributed by atoms with E-state index in [4.69, 9.17) is 10.5 Å². The monoisotopic (exact) mass is 393 g/mol. The van der Waals surface area contributed by atoms with E-state index in [-0.39, 0.29) is 11.7 Å². The SMILES string of the molecule is Nc1cc(I)c(F)cc1NCCC(=O)N1CCOCC1. The molecule has 1 aromatic rings. The number of benzene rings is 1. The molecular weight excluding hydrogens is 376 g/mol. The molecule has 20 heavy (non-hydrogen) atoms. The average molecular weight is 393 g/mol. The van der Waals surface area contributed by atoms with Crippen molar-refractivity contribution in [1.29, 1.82) is 0 Å². The van der Waals surface area contributed by atoms with Gasteiger partial charge in [0.2, 0.25) is 5.91 Å². The molecule has 1 aromatic carbocycles. The van der Waals surface area contributed by atoms with Gasteiger partial charge >= 0.3 is 0 Å². The first kappa shape index (κ1) is 15.3. The summed E-state index contributed by atoms with van der Waals surface area (Å²) in [4.78, 5) is 13.7. The maximum absolute atomic E-state index is 13.4. The topological polar surface area (TPSA) is 67.6 Å². The molecule has 0 bridgehead atoms. The van der Waals surface area contributed by atoms with Gasteiger partial charge in [-0.1, -0.05) is 0 Å². The van der Waals surface area contributed by atoms with Crippen molar-refractivity contribution in [2.45, 2.75) is 6.42 Å². The Morgan fingerprint density at radius 3 is 2.85 bits per heavy atom. The minimum atomic E-state index is -0.318. The second-order valence-electron chi connectivity index (χ2n) is 4.52. The fourth-order valence-corrected chi connectivity index (χ4v) is 2.48. The second-order valence-corrected chi connectivity index (χ2v) is 5.69. The molecule has 5 nitrogen and oxygen atoms in total. The van der Waals surface area contributed by atoms with Crippen LogP contribution in [0.2, 0.25) is 0 Å². The number of nitrogens with zero attached hydrogens (tertiary/aromatic N) is 1. The molecule has 1 fully saturated rings. The Labute approximate surface area is 130 Å². The van der Waals surface area contributed by atoms with Crippen LogP contribution in [0.3, 0.4) is 0 Å². The summed E-state index contributed by atoms with van der Waals surface area (Å²) in [5.74, 6) is -0.243. The third kappa shape index (κ3) is 3.95. The van der Waals surface area contributed by atoms with Crippen LogP contribution >= 0.6 is 22.6 Å². The Balaban J connectivity index is 1.83. The predicted octanol–water partition coefficient (Wildman–Crippen LogP) is 1.67. The van der Waals surface area contributed by atoms with Gasteiger partial charge in [0.25, 0.3) is 0 Å². The van der Waals surface area contributed by atoms with E-state index in [0.29, 0.717) is 54.2 Å². The Bertz CT molecular complexity index is 493. The van der Waals surface area contributed by atoms with Crippen molar-refractivity contribution in [3.63, 3.8) is 0 Å². The third-order valence-corrected chi connectivity index (χ3v) is 3.94. The normalized spacial score (nSPS) is 15.2. The van der Waals surface area contributed by atoms with E-state index in [1.807, 2.05) is 22.6 Å². The fourth-order valence-electron chi connectivity index (χ4n) is 1.99. The van der Waals surface area contributed by atoms with E-state index in [0.717, 1.165) is 0 Å². The summed E-state index contributed by atoms with van der Waals surface area (Å²) in [6, 6.07) is 2.93. The number of hydrogen-bond donors (Lipinski definition) is 2. The molecule has 0 unspecified atom stereocenters. The van der Waals surface area contributed by atoms with Gasteiger partial charge in [-0.2, -0.15) is 0 Å². The van der Waals surface area contributed by atoms with Crippen molar-refractivity contribution in [3.8, 4) is 0 Å². The number of nitrogens with two attached hydrogens (primary N) is 1. The maximum atomic E-state index is 13.4. The number of anilines is 2. The van der Waals surface area contributed by atoms with Crippen LogP contribution in [-0.2, 0) is 9.53 Å². The summed E-state index contributed by atoms with van der Waals surface area (Å²) in [5.41, 5.74) is 6.81. The highest BCUT2D eigenvalue weighted by Gasteiger charge is 2.16. The molecule has 0 atom stereocenters. The number of nitrogen functional groups attached to an aromatic ring is 1. The van der Waals surface area contributed by atoms with Crippen LogP contribution < -0.4 is 11.1 Å². The van der Waals surface area contributed by atoms with E-state index >= 15 is 0 Å². The highest BCUT2D eigenvalue weighted by Crippen LogP contribution is 2.23. The molecular formula is C13H17FIN3O2. The maximum Gasteiger partial charge on any atom is 0.224 e. The summed E-state index contributed by atoms with van der Waals surface area (Å²) in [6.45, 7) is 2.89. The highest BCUT2D eigenvalue weighted by molar-refractivity contribution is 14.1. The fraction of sp³-hybridized carbons (Fsp3) is 0.462. The van der Waals surface area contributed by atoms with E-state index < -0.39 is 0 Å². The minimum Gasteiger partial charge on any atom is -0.397 e. The number of ether oxygens (including phenoxy) is 1. The van der Waals surface area contributed by atoms with E-state index in [2.05, 4.69) is 5.32 Å². The third-order valence-electron chi connectivity index (χ3n) is 3.11. The Morgan fingerprint density at radius 2 is 2.15 bits per heavy atom. The van der Waals surface area contributed by atoms with Crippen molar-refractivity contribution < 1.29 is 13.9 Å². The van der Waals surface area contributed by atoms with Gasteiger partial charge < -0.3 is 20.7 Å². The number of carbonyl (C=O) groups excluding carboxylic acids is 1. The van der Waals surface area contributed by atoms with Crippen LogP contribution in [0.15, 0.2) is 12.1 Å². The van der Waals surface area contributed by atoms with Crippen molar-refractivity contribution in [2.24, 2.45) is 0 Å². The van der Waals surface area contributed by atoms with Crippen LogP contribution in [0.1, 0.15) is 6.42 Å². The van der Waals surface area contributed by atoms with Crippen LogP contribution in [-0.4, -0.2) is 43.7 Å². The van der Waals surface area contributed by atoms with Gasteiger partial charge in [-0.15, -0.1) is 0 Å². The zero-order valence-corrected chi connectivity index (χ0v) is 13.2. The molecule has 0 aliphatic carbocycles. The molecule has 1 saturated heterocycles. The lowest BCUT2D eigenvalue weighted by molar-refractivity contribution is -0.134. The standard InChI is InChI=1S/C13H17FIN3O2/c14-9-7-12(11(16)8-10(9)15)17-2-1-13(19)18-3-5-20-6-4-18/h7-8,17H,1-6,16H2. The second kappa shape index (κ2) is 7.07. The Morgan fingerprint density at radius 1 is 1.45 bits per heavy atom. The number of rotatable bonds is 4. The lowest BCUT2D eigenvalue weighted by Gasteiger charge is -2.27. The van der Waals surface area contributed by atoms with Crippen LogP contribution in [0.25, 0.3) is 0 Å². The van der Waals surface area contributed by atoms with Gasteiger partial charge in [0, 0.05) is 32.1 Å². The van der Waals surface area contributed by atoms with Crippen molar-refractivity contribution in [1.82, 2.24) is 4.90 Å². The molecule has 110 valence electrons. The molecule has 0 spiro atoms. The van der Waals surface area contributed by atoms with Crippen LogP contribution in [0, 0.1) is 9.39 Å². The lowest BCUT2D eigenvalue weighted by Crippen LogP contribution is -2.41. The highest BCUT2D eigenvalue weighted by atomic mass is 127. The van der Waals surface area contributed by atoms with Crippen LogP contribution in [0.4, 0.5) is 15.8 Å². The summed E-state index contributed by atoms with van der Waals surface area (Å²) in [6.07, 6.45) is 0.354. The molecule has 7 heteroatoms.